The molecule has 9 heteroatoms. The van der Waals surface area contributed by atoms with E-state index in [9.17, 15) is 9.59 Å². The molecule has 2 amide bonds. The quantitative estimate of drug-likeness (QED) is 0.655. The van der Waals surface area contributed by atoms with E-state index in [0.29, 0.717) is 22.3 Å². The molecule has 2 N–H and O–H groups in total. The molecule has 8 nitrogen and oxygen atoms in total. The molecule has 0 bridgehead atoms. The number of carbonyl (C=O) groups excluding carboxylic acids is 2. The lowest BCUT2D eigenvalue weighted by Crippen LogP contribution is -2.30. The minimum atomic E-state index is -0.145. The van der Waals surface area contributed by atoms with Gasteiger partial charge in [-0.3, -0.25) is 14.5 Å². The van der Waals surface area contributed by atoms with Gasteiger partial charge in [0.2, 0.25) is 11.8 Å². The van der Waals surface area contributed by atoms with Crippen molar-refractivity contribution in [2.24, 2.45) is 0 Å². The molecule has 1 aromatic carbocycles. The highest BCUT2D eigenvalue weighted by atomic mass is 32.1. The van der Waals surface area contributed by atoms with Crippen LogP contribution >= 0.6 is 11.3 Å². The van der Waals surface area contributed by atoms with Gasteiger partial charge in [-0.05, 0) is 25.0 Å². The van der Waals surface area contributed by atoms with E-state index in [1.807, 2.05) is 0 Å². The van der Waals surface area contributed by atoms with E-state index >= 15 is 0 Å². The first-order chi connectivity index (χ1) is 14.5. The van der Waals surface area contributed by atoms with Crippen LogP contribution in [0, 0.1) is 0 Å². The average Bonchev–Trinajstić information content (AvgIpc) is 3.15. The number of benzene rings is 1. The standard InChI is InChI=1S/C21H26N4O4S/c1-14(26)23-21-22-12-17(30-21)13-25-8-6-15(7-9-25)10-20(27)24-16-4-5-18(28-2)19(11-16)29-3/h4-5,10-12H,6-9,13H2,1-3H3,(H,24,27)(H,22,23,26). The Bertz CT molecular complexity index is 931. The molecule has 1 aromatic heterocycles. The first kappa shape index (κ1) is 21.8. The van der Waals surface area contributed by atoms with Crippen LogP contribution in [0.2, 0.25) is 0 Å². The summed E-state index contributed by atoms with van der Waals surface area (Å²) < 4.78 is 10.5. The molecule has 160 valence electrons. The summed E-state index contributed by atoms with van der Waals surface area (Å²) in [6.45, 7) is 4.02. The van der Waals surface area contributed by atoms with Crippen molar-refractivity contribution in [2.45, 2.75) is 26.3 Å². The van der Waals surface area contributed by atoms with Gasteiger partial charge in [0.25, 0.3) is 0 Å². The molecule has 2 heterocycles. The first-order valence-corrected chi connectivity index (χ1v) is 10.5. The Kier molecular flexibility index (Phi) is 7.42. The monoisotopic (exact) mass is 430 g/mol. The van der Waals surface area contributed by atoms with Crippen LogP contribution in [0.15, 0.2) is 36.0 Å². The van der Waals surface area contributed by atoms with Crippen LogP contribution in [0.4, 0.5) is 10.8 Å². The maximum atomic E-state index is 12.4. The summed E-state index contributed by atoms with van der Waals surface area (Å²) in [5.74, 6) is 0.926. The van der Waals surface area contributed by atoms with Gasteiger partial charge >= 0.3 is 0 Å². The van der Waals surface area contributed by atoms with Crippen molar-refractivity contribution < 1.29 is 19.1 Å². The van der Waals surface area contributed by atoms with Gasteiger partial charge in [-0.2, -0.15) is 0 Å². The summed E-state index contributed by atoms with van der Waals surface area (Å²) in [4.78, 5) is 31.1. The Balaban J connectivity index is 1.50. The number of amides is 2. The van der Waals surface area contributed by atoms with Gasteiger partial charge in [-0.1, -0.05) is 5.57 Å². The molecule has 30 heavy (non-hydrogen) atoms. The van der Waals surface area contributed by atoms with E-state index in [1.54, 1.807) is 44.7 Å². The zero-order valence-corrected chi connectivity index (χ0v) is 18.2. The van der Waals surface area contributed by atoms with Crippen molar-refractivity contribution in [3.8, 4) is 11.5 Å². The number of thiazole rings is 1. The predicted molar refractivity (Wildman–Crippen MR) is 117 cm³/mol. The number of piperidine rings is 1. The van der Waals surface area contributed by atoms with Gasteiger partial charge in [0, 0.05) is 55.5 Å². The lowest BCUT2D eigenvalue weighted by atomic mass is 10.0. The zero-order chi connectivity index (χ0) is 21.5. The van der Waals surface area contributed by atoms with Gasteiger partial charge in [0.05, 0.1) is 14.2 Å². The number of hydrogen-bond acceptors (Lipinski definition) is 7. The highest BCUT2D eigenvalue weighted by Crippen LogP contribution is 2.30. The molecule has 1 aliphatic heterocycles. The third-order valence-electron chi connectivity index (χ3n) is 4.70. The van der Waals surface area contributed by atoms with E-state index in [4.69, 9.17) is 9.47 Å². The average molecular weight is 431 g/mol. The third-order valence-corrected chi connectivity index (χ3v) is 5.60. The summed E-state index contributed by atoms with van der Waals surface area (Å²) in [7, 11) is 3.13. The van der Waals surface area contributed by atoms with Crippen LogP contribution in [0.1, 0.15) is 24.6 Å². The summed E-state index contributed by atoms with van der Waals surface area (Å²) in [5, 5.41) is 6.21. The number of hydrogen-bond donors (Lipinski definition) is 2. The molecule has 1 saturated heterocycles. The molecule has 2 aromatic rings. The molecule has 0 radical (unpaired) electrons. The lowest BCUT2D eigenvalue weighted by molar-refractivity contribution is -0.114. The zero-order valence-electron chi connectivity index (χ0n) is 17.4. The molecule has 1 fully saturated rings. The number of nitrogens with zero attached hydrogens (tertiary/aromatic N) is 2. The van der Waals surface area contributed by atoms with Crippen molar-refractivity contribution in [3.63, 3.8) is 0 Å². The molecule has 0 spiro atoms. The van der Waals surface area contributed by atoms with E-state index in [2.05, 4.69) is 20.5 Å². The van der Waals surface area contributed by atoms with Crippen LogP contribution in [0.5, 0.6) is 11.5 Å². The fourth-order valence-electron chi connectivity index (χ4n) is 3.23. The highest BCUT2D eigenvalue weighted by Gasteiger charge is 2.16. The summed E-state index contributed by atoms with van der Waals surface area (Å²) in [6.07, 6.45) is 5.18. The number of rotatable bonds is 7. The molecule has 3 rings (SSSR count). The molecule has 0 aliphatic carbocycles. The Morgan fingerprint density at radius 3 is 2.57 bits per heavy atom. The first-order valence-electron chi connectivity index (χ1n) is 9.64. The molecule has 0 saturated carbocycles. The van der Waals surface area contributed by atoms with Gasteiger partial charge < -0.3 is 20.1 Å². The van der Waals surface area contributed by atoms with Crippen LogP contribution in [-0.4, -0.2) is 49.0 Å². The number of anilines is 2. The topological polar surface area (TPSA) is 92.8 Å². The highest BCUT2D eigenvalue weighted by molar-refractivity contribution is 7.15. The summed E-state index contributed by atoms with van der Waals surface area (Å²) >= 11 is 1.49. The van der Waals surface area contributed by atoms with Crippen molar-refractivity contribution >= 4 is 34.0 Å². The normalized spacial score (nSPS) is 14.2. The van der Waals surface area contributed by atoms with Crippen molar-refractivity contribution in [2.75, 3.05) is 37.9 Å². The SMILES string of the molecule is COc1ccc(NC(=O)C=C2CCN(Cc3cnc(NC(C)=O)s3)CC2)cc1OC. The van der Waals surface area contributed by atoms with Crippen LogP contribution in [-0.2, 0) is 16.1 Å². The van der Waals surface area contributed by atoms with E-state index in [1.165, 1.54) is 18.3 Å². The van der Waals surface area contributed by atoms with Crippen molar-refractivity contribution in [3.05, 3.63) is 40.9 Å². The minimum absolute atomic E-state index is 0.116. The predicted octanol–water partition coefficient (Wildman–Crippen LogP) is 3.28. The van der Waals surface area contributed by atoms with Crippen molar-refractivity contribution in [1.29, 1.82) is 0 Å². The largest absolute Gasteiger partial charge is 0.493 e. The molecular weight excluding hydrogens is 404 g/mol. The maximum absolute atomic E-state index is 12.4. The smallest absolute Gasteiger partial charge is 0.248 e. The Labute approximate surface area is 179 Å². The molecular formula is C21H26N4O4S. The third kappa shape index (κ3) is 6.04. The van der Waals surface area contributed by atoms with Gasteiger partial charge in [-0.15, -0.1) is 11.3 Å². The summed E-state index contributed by atoms with van der Waals surface area (Å²) in [5.41, 5.74) is 1.79. The maximum Gasteiger partial charge on any atom is 0.248 e. The Morgan fingerprint density at radius 1 is 1.17 bits per heavy atom. The lowest BCUT2D eigenvalue weighted by Gasteiger charge is -2.27. The summed E-state index contributed by atoms with van der Waals surface area (Å²) in [6, 6.07) is 5.28. The number of aromatic nitrogens is 1. The van der Waals surface area contributed by atoms with Crippen LogP contribution in [0.3, 0.4) is 0 Å². The number of ether oxygens (including phenoxy) is 2. The van der Waals surface area contributed by atoms with Gasteiger partial charge in [0.15, 0.2) is 16.6 Å². The van der Waals surface area contributed by atoms with E-state index in [-0.39, 0.29) is 11.8 Å². The second-order valence-electron chi connectivity index (χ2n) is 6.95. The van der Waals surface area contributed by atoms with Crippen LogP contribution < -0.4 is 20.1 Å². The number of nitrogens with one attached hydrogen (secondary N) is 2. The van der Waals surface area contributed by atoms with Gasteiger partial charge in [-0.25, -0.2) is 4.98 Å². The molecule has 1 aliphatic rings. The van der Waals surface area contributed by atoms with E-state index < -0.39 is 0 Å². The number of likely N-dealkylation sites (tertiary alicyclic amines) is 1. The molecule has 0 unspecified atom stereocenters. The fraction of sp³-hybridized carbons (Fsp3) is 0.381. The Hall–Kier alpha value is -2.91. The van der Waals surface area contributed by atoms with Gasteiger partial charge in [0.1, 0.15) is 0 Å². The van der Waals surface area contributed by atoms with Crippen LogP contribution in [0.25, 0.3) is 0 Å². The second kappa shape index (κ2) is 10.2. The minimum Gasteiger partial charge on any atom is -0.493 e. The van der Waals surface area contributed by atoms with Crippen molar-refractivity contribution in [1.82, 2.24) is 9.88 Å². The fourth-order valence-corrected chi connectivity index (χ4v) is 4.13. The molecule has 0 atom stereocenters. The number of carbonyl (C=O) groups is 2. The van der Waals surface area contributed by atoms with E-state index in [0.717, 1.165) is 42.9 Å². The number of methoxy groups -OCH3 is 2. The second-order valence-corrected chi connectivity index (χ2v) is 8.07. The Morgan fingerprint density at radius 2 is 1.90 bits per heavy atom.